The van der Waals surface area contributed by atoms with Crippen LogP contribution in [-0.4, -0.2) is 17.6 Å². The largest absolute Gasteiger partial charge is 0.477 e. The Labute approximate surface area is 97.5 Å². The van der Waals surface area contributed by atoms with E-state index in [1.165, 1.54) is 5.56 Å². The van der Waals surface area contributed by atoms with Crippen LogP contribution in [-0.2, 0) is 6.54 Å². The molecule has 0 aliphatic rings. The molecule has 16 heavy (non-hydrogen) atoms. The Bertz CT molecular complexity index is 306. The van der Waals surface area contributed by atoms with Gasteiger partial charge in [0.15, 0.2) is 0 Å². The zero-order valence-corrected chi connectivity index (χ0v) is 10.1. The van der Waals surface area contributed by atoms with Crippen LogP contribution in [0.25, 0.3) is 0 Å². The number of hydrogen-bond acceptors (Lipinski definition) is 3. The summed E-state index contributed by atoms with van der Waals surface area (Å²) in [5, 5.41) is 3.34. The van der Waals surface area contributed by atoms with Gasteiger partial charge < -0.3 is 10.1 Å². The molecule has 0 aliphatic carbocycles. The molecule has 0 fully saturated rings. The Hall–Kier alpha value is -1.35. The van der Waals surface area contributed by atoms with Crippen LogP contribution in [0.4, 0.5) is 0 Å². The molecular formula is C13H20N2O. The van der Waals surface area contributed by atoms with Gasteiger partial charge in [0.2, 0.25) is 5.88 Å². The first-order chi connectivity index (χ1) is 7.72. The molecule has 1 aromatic rings. The Kier molecular flexibility index (Phi) is 5.57. The van der Waals surface area contributed by atoms with E-state index in [9.17, 15) is 0 Å². The molecule has 1 aromatic heterocycles. The topological polar surface area (TPSA) is 34.1 Å². The highest BCUT2D eigenvalue weighted by Gasteiger charge is 1.97. The van der Waals surface area contributed by atoms with E-state index in [1.807, 2.05) is 24.4 Å². The van der Waals surface area contributed by atoms with Crippen LogP contribution in [0, 0.1) is 0 Å². The minimum absolute atomic E-state index is 0.489. The maximum atomic E-state index is 5.42. The molecule has 0 aliphatic heterocycles. The summed E-state index contributed by atoms with van der Waals surface area (Å²) >= 11 is 0. The molecule has 0 spiro atoms. The molecule has 3 heteroatoms. The number of nitrogens with one attached hydrogen (secondary N) is 1. The molecule has 1 rings (SSSR count). The third-order valence-corrected chi connectivity index (χ3v) is 2.08. The lowest BCUT2D eigenvalue weighted by Crippen LogP contribution is -2.21. The van der Waals surface area contributed by atoms with Crippen LogP contribution in [0.3, 0.4) is 0 Å². The molecule has 0 saturated carbocycles. The van der Waals surface area contributed by atoms with Gasteiger partial charge in [-0.1, -0.05) is 26.0 Å². The molecular weight excluding hydrogens is 200 g/mol. The SMILES string of the molecule is C=CCCOc1ccc(CNC(C)C)cn1. The molecule has 3 nitrogen and oxygen atoms in total. The first-order valence-electron chi connectivity index (χ1n) is 5.64. The van der Waals surface area contributed by atoms with Crippen LogP contribution in [0.2, 0.25) is 0 Å². The molecule has 1 heterocycles. The Balaban J connectivity index is 2.38. The Morgan fingerprint density at radius 2 is 2.31 bits per heavy atom. The molecule has 0 saturated heterocycles. The van der Waals surface area contributed by atoms with Gasteiger partial charge in [-0.3, -0.25) is 0 Å². The zero-order valence-electron chi connectivity index (χ0n) is 10.1. The van der Waals surface area contributed by atoms with Crippen molar-refractivity contribution in [1.29, 1.82) is 0 Å². The van der Waals surface area contributed by atoms with Gasteiger partial charge >= 0.3 is 0 Å². The number of hydrogen-bond donors (Lipinski definition) is 1. The van der Waals surface area contributed by atoms with Crippen molar-refractivity contribution in [3.63, 3.8) is 0 Å². The summed E-state index contributed by atoms with van der Waals surface area (Å²) in [7, 11) is 0. The molecule has 0 unspecified atom stereocenters. The van der Waals surface area contributed by atoms with Gasteiger partial charge in [-0.15, -0.1) is 6.58 Å². The highest BCUT2D eigenvalue weighted by Crippen LogP contribution is 2.07. The monoisotopic (exact) mass is 220 g/mol. The normalized spacial score (nSPS) is 10.4. The molecule has 0 atom stereocenters. The summed E-state index contributed by atoms with van der Waals surface area (Å²) in [6, 6.07) is 4.43. The minimum atomic E-state index is 0.489. The lowest BCUT2D eigenvalue weighted by atomic mass is 10.2. The summed E-state index contributed by atoms with van der Waals surface area (Å²) in [6.07, 6.45) is 4.53. The smallest absolute Gasteiger partial charge is 0.213 e. The quantitative estimate of drug-likeness (QED) is 0.566. The van der Waals surface area contributed by atoms with E-state index >= 15 is 0 Å². The van der Waals surface area contributed by atoms with Crippen molar-refractivity contribution in [3.05, 3.63) is 36.5 Å². The van der Waals surface area contributed by atoms with Crippen molar-refractivity contribution in [2.45, 2.75) is 32.9 Å². The van der Waals surface area contributed by atoms with Gasteiger partial charge in [-0.25, -0.2) is 4.98 Å². The van der Waals surface area contributed by atoms with Crippen molar-refractivity contribution in [2.75, 3.05) is 6.61 Å². The van der Waals surface area contributed by atoms with Crippen LogP contribution in [0.1, 0.15) is 25.8 Å². The molecule has 0 radical (unpaired) electrons. The van der Waals surface area contributed by atoms with Crippen LogP contribution in [0.5, 0.6) is 5.88 Å². The van der Waals surface area contributed by atoms with Gasteiger partial charge in [-0.05, 0) is 12.0 Å². The van der Waals surface area contributed by atoms with E-state index in [1.54, 1.807) is 0 Å². The predicted molar refractivity (Wildman–Crippen MR) is 66.5 cm³/mol. The molecule has 0 aromatic carbocycles. The zero-order chi connectivity index (χ0) is 11.8. The first kappa shape index (κ1) is 12.7. The van der Waals surface area contributed by atoms with Crippen LogP contribution in [0.15, 0.2) is 31.0 Å². The summed E-state index contributed by atoms with van der Waals surface area (Å²) in [5.41, 5.74) is 1.17. The Morgan fingerprint density at radius 1 is 1.50 bits per heavy atom. The van der Waals surface area contributed by atoms with Gasteiger partial charge in [0, 0.05) is 24.8 Å². The van der Waals surface area contributed by atoms with Gasteiger partial charge in [-0.2, -0.15) is 0 Å². The summed E-state index contributed by atoms with van der Waals surface area (Å²) in [6.45, 7) is 9.37. The maximum absolute atomic E-state index is 5.42. The van der Waals surface area contributed by atoms with Crippen LogP contribution >= 0.6 is 0 Å². The minimum Gasteiger partial charge on any atom is -0.477 e. The third kappa shape index (κ3) is 4.94. The highest BCUT2D eigenvalue weighted by atomic mass is 16.5. The lowest BCUT2D eigenvalue weighted by molar-refractivity contribution is 0.312. The van der Waals surface area contributed by atoms with E-state index in [0.717, 1.165) is 13.0 Å². The van der Waals surface area contributed by atoms with Gasteiger partial charge in [0.25, 0.3) is 0 Å². The van der Waals surface area contributed by atoms with Crippen molar-refractivity contribution < 1.29 is 4.74 Å². The number of pyridine rings is 1. The van der Waals surface area contributed by atoms with E-state index in [-0.39, 0.29) is 0 Å². The summed E-state index contributed by atoms with van der Waals surface area (Å²) < 4.78 is 5.42. The van der Waals surface area contributed by atoms with E-state index in [4.69, 9.17) is 4.74 Å². The second kappa shape index (κ2) is 7.01. The molecule has 88 valence electrons. The summed E-state index contributed by atoms with van der Waals surface area (Å²) in [4.78, 5) is 4.23. The highest BCUT2D eigenvalue weighted by molar-refractivity contribution is 5.17. The van der Waals surface area contributed by atoms with Gasteiger partial charge in [0.05, 0.1) is 6.61 Å². The second-order valence-electron chi connectivity index (χ2n) is 3.97. The van der Waals surface area contributed by atoms with Crippen LogP contribution < -0.4 is 10.1 Å². The average Bonchev–Trinajstić information content (AvgIpc) is 2.28. The number of rotatable bonds is 7. The standard InChI is InChI=1S/C13H20N2O/c1-4-5-8-16-13-7-6-12(10-15-13)9-14-11(2)3/h4,6-7,10-11,14H,1,5,8-9H2,2-3H3. The maximum Gasteiger partial charge on any atom is 0.213 e. The first-order valence-corrected chi connectivity index (χ1v) is 5.64. The number of nitrogens with zero attached hydrogens (tertiary/aromatic N) is 1. The third-order valence-electron chi connectivity index (χ3n) is 2.08. The van der Waals surface area contributed by atoms with Crippen molar-refractivity contribution in [3.8, 4) is 5.88 Å². The van der Waals surface area contributed by atoms with Crippen molar-refractivity contribution in [2.24, 2.45) is 0 Å². The number of ether oxygens (including phenoxy) is 1. The predicted octanol–water partition coefficient (Wildman–Crippen LogP) is 2.53. The van der Waals surface area contributed by atoms with E-state index in [2.05, 4.69) is 30.7 Å². The fraction of sp³-hybridized carbons (Fsp3) is 0.462. The lowest BCUT2D eigenvalue weighted by Gasteiger charge is -2.08. The fourth-order valence-electron chi connectivity index (χ4n) is 1.17. The molecule has 1 N–H and O–H groups in total. The molecule has 0 amide bonds. The van der Waals surface area contributed by atoms with Crippen molar-refractivity contribution >= 4 is 0 Å². The van der Waals surface area contributed by atoms with E-state index in [0.29, 0.717) is 18.5 Å². The summed E-state index contributed by atoms with van der Waals surface area (Å²) in [5.74, 6) is 0.676. The van der Waals surface area contributed by atoms with E-state index < -0.39 is 0 Å². The average molecular weight is 220 g/mol. The van der Waals surface area contributed by atoms with Gasteiger partial charge in [0.1, 0.15) is 0 Å². The fourth-order valence-corrected chi connectivity index (χ4v) is 1.17. The molecule has 0 bridgehead atoms. The van der Waals surface area contributed by atoms with Crippen molar-refractivity contribution in [1.82, 2.24) is 10.3 Å². The Morgan fingerprint density at radius 3 is 2.88 bits per heavy atom. The second-order valence-corrected chi connectivity index (χ2v) is 3.97. The number of aromatic nitrogens is 1.